The van der Waals surface area contributed by atoms with Crippen LogP contribution in [0.2, 0.25) is 0 Å². The van der Waals surface area contributed by atoms with Gasteiger partial charge in [-0.25, -0.2) is 4.57 Å². The van der Waals surface area contributed by atoms with Gasteiger partial charge in [-0.3, -0.25) is 18.4 Å². The first-order chi connectivity index (χ1) is 10.6. The molecule has 2 aromatic rings. The molecule has 0 fully saturated rings. The lowest BCUT2D eigenvalue weighted by Gasteiger charge is -2.29. The van der Waals surface area contributed by atoms with Crippen molar-refractivity contribution in [1.82, 2.24) is 0 Å². The maximum absolute atomic E-state index is 12.6. The molecule has 0 spiro atoms. The molecule has 0 N–H and O–H groups in total. The zero-order chi connectivity index (χ0) is 15.7. The van der Waals surface area contributed by atoms with Gasteiger partial charge in [0, 0.05) is 25.3 Å². The number of rotatable bonds is 4. The van der Waals surface area contributed by atoms with Gasteiger partial charge < -0.3 is 0 Å². The summed E-state index contributed by atoms with van der Waals surface area (Å²) in [6.07, 6.45) is -0.684. The first-order valence-corrected chi connectivity index (χ1v) is 8.18. The average molecular weight is 318 g/mol. The van der Waals surface area contributed by atoms with E-state index in [0.29, 0.717) is 22.3 Å². The van der Waals surface area contributed by atoms with E-state index in [9.17, 15) is 9.36 Å². The summed E-state index contributed by atoms with van der Waals surface area (Å²) in [6.45, 7) is 0. The number of phosphoric acid groups is 1. The van der Waals surface area contributed by atoms with Crippen molar-refractivity contribution in [3.63, 3.8) is 0 Å². The van der Waals surface area contributed by atoms with E-state index in [1.54, 1.807) is 48.5 Å². The van der Waals surface area contributed by atoms with Gasteiger partial charge in [0.25, 0.3) is 0 Å². The lowest BCUT2D eigenvalue weighted by atomic mass is 9.83. The van der Waals surface area contributed by atoms with Crippen LogP contribution in [0.3, 0.4) is 0 Å². The van der Waals surface area contributed by atoms with E-state index in [2.05, 4.69) is 0 Å². The third-order valence-corrected chi connectivity index (χ3v) is 5.02. The largest absolute Gasteiger partial charge is 0.475 e. The predicted octanol–water partition coefficient (Wildman–Crippen LogP) is 3.74. The number of hydrogen-bond donors (Lipinski definition) is 0. The Hall–Kier alpha value is -1.78. The summed E-state index contributed by atoms with van der Waals surface area (Å²) in [5.74, 6) is -0.0734. The van der Waals surface area contributed by atoms with E-state index in [1.165, 1.54) is 14.2 Å². The third kappa shape index (κ3) is 2.42. The maximum Gasteiger partial charge on any atom is 0.475 e. The lowest BCUT2D eigenvalue weighted by molar-refractivity contribution is 0.0986. The highest BCUT2D eigenvalue weighted by Crippen LogP contribution is 2.54. The number of carbonyl (C=O) groups is 1. The Bertz CT molecular complexity index is 713. The Balaban J connectivity index is 2.16. The molecule has 0 saturated heterocycles. The minimum Gasteiger partial charge on any atom is -0.290 e. The molecule has 114 valence electrons. The van der Waals surface area contributed by atoms with Crippen LogP contribution in [0.25, 0.3) is 0 Å². The second-order valence-corrected chi connectivity index (χ2v) is 6.64. The fraction of sp³-hybridized carbons (Fsp3) is 0.188. The number of benzene rings is 2. The number of phosphoric ester groups is 1. The Morgan fingerprint density at radius 3 is 1.77 bits per heavy atom. The number of hydrogen-bond acceptors (Lipinski definition) is 5. The van der Waals surface area contributed by atoms with Crippen LogP contribution in [-0.2, 0) is 18.1 Å². The van der Waals surface area contributed by atoms with Crippen molar-refractivity contribution in [2.75, 3.05) is 14.2 Å². The highest BCUT2D eigenvalue weighted by atomic mass is 31.2. The van der Waals surface area contributed by atoms with Gasteiger partial charge in [0.05, 0.1) is 0 Å². The van der Waals surface area contributed by atoms with Gasteiger partial charge in [-0.2, -0.15) is 0 Å². The molecule has 22 heavy (non-hydrogen) atoms. The number of fused-ring (bicyclic) bond motifs is 2. The molecule has 1 aliphatic carbocycles. The summed E-state index contributed by atoms with van der Waals surface area (Å²) < 4.78 is 27.8. The van der Waals surface area contributed by atoms with Gasteiger partial charge >= 0.3 is 7.82 Å². The van der Waals surface area contributed by atoms with Crippen LogP contribution >= 0.6 is 7.82 Å². The van der Waals surface area contributed by atoms with Crippen LogP contribution in [-0.4, -0.2) is 20.0 Å². The van der Waals surface area contributed by atoms with E-state index in [4.69, 9.17) is 13.6 Å². The Morgan fingerprint density at radius 1 is 0.864 bits per heavy atom. The summed E-state index contributed by atoms with van der Waals surface area (Å²) in [7, 11) is -1.17. The molecular formula is C16H15O5P. The predicted molar refractivity (Wildman–Crippen MR) is 80.9 cm³/mol. The topological polar surface area (TPSA) is 61.8 Å². The molecule has 0 heterocycles. The SMILES string of the molecule is COP(=O)(OC)OC1c2ccccc2C(=O)c2ccccc21. The smallest absolute Gasteiger partial charge is 0.290 e. The molecule has 0 atom stereocenters. The summed E-state index contributed by atoms with van der Waals surface area (Å²) in [5, 5.41) is 0. The summed E-state index contributed by atoms with van der Waals surface area (Å²) in [6, 6.07) is 14.2. The highest BCUT2D eigenvalue weighted by Gasteiger charge is 2.37. The molecule has 0 aliphatic heterocycles. The van der Waals surface area contributed by atoms with Gasteiger partial charge in [-0.15, -0.1) is 0 Å². The van der Waals surface area contributed by atoms with Crippen LogP contribution in [0, 0.1) is 0 Å². The zero-order valence-corrected chi connectivity index (χ0v) is 13.1. The van der Waals surface area contributed by atoms with Crippen LogP contribution in [0.4, 0.5) is 0 Å². The Kier molecular flexibility index (Phi) is 3.98. The molecular weight excluding hydrogens is 303 g/mol. The molecule has 0 saturated carbocycles. The molecule has 3 rings (SSSR count). The molecule has 2 aromatic carbocycles. The van der Waals surface area contributed by atoms with Crippen molar-refractivity contribution in [3.05, 3.63) is 70.8 Å². The summed E-state index contributed by atoms with van der Waals surface area (Å²) in [4.78, 5) is 12.6. The molecule has 5 nitrogen and oxygen atoms in total. The van der Waals surface area contributed by atoms with E-state index in [1.807, 2.05) is 0 Å². The Morgan fingerprint density at radius 2 is 1.32 bits per heavy atom. The molecule has 1 aliphatic rings. The van der Waals surface area contributed by atoms with E-state index in [0.717, 1.165) is 0 Å². The van der Waals surface area contributed by atoms with Gasteiger partial charge in [0.2, 0.25) is 0 Å². The first kappa shape index (κ1) is 15.1. The minimum absolute atomic E-state index is 0.0734. The number of ketones is 1. The second kappa shape index (κ2) is 5.78. The molecule has 0 amide bonds. The van der Waals surface area contributed by atoms with Crippen LogP contribution < -0.4 is 0 Å². The minimum atomic E-state index is -3.69. The fourth-order valence-electron chi connectivity index (χ4n) is 2.58. The monoisotopic (exact) mass is 318 g/mol. The van der Waals surface area contributed by atoms with Gasteiger partial charge in [-0.1, -0.05) is 48.5 Å². The van der Waals surface area contributed by atoms with Crippen LogP contribution in [0.5, 0.6) is 0 Å². The second-order valence-electron chi connectivity index (χ2n) is 4.80. The van der Waals surface area contributed by atoms with Crippen molar-refractivity contribution in [3.8, 4) is 0 Å². The average Bonchev–Trinajstić information content (AvgIpc) is 2.58. The lowest BCUT2D eigenvalue weighted by Crippen LogP contribution is -2.21. The van der Waals surface area contributed by atoms with Gasteiger partial charge in [-0.05, 0) is 11.1 Å². The summed E-state index contributed by atoms with van der Waals surface area (Å²) >= 11 is 0. The third-order valence-electron chi connectivity index (χ3n) is 3.66. The van der Waals surface area contributed by atoms with Crippen molar-refractivity contribution >= 4 is 13.6 Å². The van der Waals surface area contributed by atoms with Crippen molar-refractivity contribution in [2.24, 2.45) is 0 Å². The molecule has 0 aromatic heterocycles. The Labute approximate surface area is 128 Å². The molecule has 6 heteroatoms. The first-order valence-electron chi connectivity index (χ1n) is 6.72. The van der Waals surface area contributed by atoms with Crippen molar-refractivity contribution in [2.45, 2.75) is 6.10 Å². The van der Waals surface area contributed by atoms with E-state index < -0.39 is 13.9 Å². The molecule has 0 bridgehead atoms. The van der Waals surface area contributed by atoms with Crippen molar-refractivity contribution in [1.29, 1.82) is 0 Å². The molecule has 0 radical (unpaired) electrons. The fourth-order valence-corrected chi connectivity index (χ4v) is 3.39. The van der Waals surface area contributed by atoms with Crippen LogP contribution in [0.15, 0.2) is 48.5 Å². The standard InChI is InChI=1S/C16H15O5P/c1-19-22(18,20-2)21-16-13-9-5-3-7-11(13)15(17)12-8-4-6-10-14(12)16/h3-10,16H,1-2H3. The highest BCUT2D eigenvalue weighted by molar-refractivity contribution is 7.48. The maximum atomic E-state index is 12.6. The zero-order valence-electron chi connectivity index (χ0n) is 12.2. The normalized spacial score (nSPS) is 14.5. The van der Waals surface area contributed by atoms with Gasteiger partial charge in [0.15, 0.2) is 5.78 Å². The van der Waals surface area contributed by atoms with Gasteiger partial charge in [0.1, 0.15) is 6.10 Å². The number of carbonyl (C=O) groups excluding carboxylic acids is 1. The van der Waals surface area contributed by atoms with Crippen molar-refractivity contribution < 1.29 is 22.9 Å². The van der Waals surface area contributed by atoms with Crippen LogP contribution in [0.1, 0.15) is 33.2 Å². The van der Waals surface area contributed by atoms with E-state index >= 15 is 0 Å². The molecule has 0 unspecified atom stereocenters. The quantitative estimate of drug-likeness (QED) is 0.804. The van der Waals surface area contributed by atoms with E-state index in [-0.39, 0.29) is 5.78 Å². The summed E-state index contributed by atoms with van der Waals surface area (Å²) in [5.41, 5.74) is 2.37.